The number of benzene rings is 2. The maximum absolute atomic E-state index is 12.2. The second kappa shape index (κ2) is 10.7. The van der Waals surface area contributed by atoms with Crippen molar-refractivity contribution in [2.45, 2.75) is 19.9 Å². The van der Waals surface area contributed by atoms with E-state index in [0.717, 1.165) is 5.56 Å². The maximum Gasteiger partial charge on any atom is 0.325 e. The first-order valence-corrected chi connectivity index (χ1v) is 9.01. The van der Waals surface area contributed by atoms with E-state index in [2.05, 4.69) is 10.6 Å². The van der Waals surface area contributed by atoms with Crippen LogP contribution in [0.4, 0.5) is 0 Å². The van der Waals surface area contributed by atoms with Gasteiger partial charge in [-0.15, -0.1) is 0 Å². The number of rotatable bonds is 9. The van der Waals surface area contributed by atoms with E-state index >= 15 is 0 Å². The van der Waals surface area contributed by atoms with Gasteiger partial charge in [0.15, 0.2) is 6.61 Å². The standard InChI is InChI=1S/C21H24N2O5/c1-3-27-18-12-8-7-11-17(18)21(26)22-13-20(25)28-14-19(24)23-15(2)16-9-5-4-6-10-16/h4-12,15H,3,13-14H2,1-2H3,(H,22,26)(H,23,24)/t15-/m1/s1. The van der Waals surface area contributed by atoms with Crippen molar-refractivity contribution in [1.29, 1.82) is 0 Å². The molecule has 7 nitrogen and oxygen atoms in total. The number of para-hydroxylation sites is 1. The highest BCUT2D eigenvalue weighted by atomic mass is 16.5. The fourth-order valence-electron chi connectivity index (χ4n) is 2.49. The summed E-state index contributed by atoms with van der Waals surface area (Å²) < 4.78 is 10.3. The number of carbonyl (C=O) groups is 3. The molecule has 0 spiro atoms. The van der Waals surface area contributed by atoms with Crippen molar-refractivity contribution in [3.05, 3.63) is 65.7 Å². The quantitative estimate of drug-likeness (QED) is 0.647. The fraction of sp³-hybridized carbons (Fsp3) is 0.286. The summed E-state index contributed by atoms with van der Waals surface area (Å²) in [7, 11) is 0. The van der Waals surface area contributed by atoms with Gasteiger partial charge in [0.25, 0.3) is 11.8 Å². The minimum atomic E-state index is -0.704. The molecule has 0 fully saturated rings. The lowest BCUT2D eigenvalue weighted by atomic mass is 10.1. The predicted octanol–water partition coefficient (Wildman–Crippen LogP) is 2.24. The van der Waals surface area contributed by atoms with Gasteiger partial charge in [-0.1, -0.05) is 42.5 Å². The molecule has 0 unspecified atom stereocenters. The highest BCUT2D eigenvalue weighted by molar-refractivity contribution is 5.98. The molecule has 148 valence electrons. The fourth-order valence-corrected chi connectivity index (χ4v) is 2.49. The normalized spacial score (nSPS) is 11.2. The van der Waals surface area contributed by atoms with Gasteiger partial charge >= 0.3 is 5.97 Å². The Labute approximate surface area is 164 Å². The van der Waals surface area contributed by atoms with Crippen LogP contribution in [0.2, 0.25) is 0 Å². The average Bonchev–Trinajstić information content (AvgIpc) is 2.71. The van der Waals surface area contributed by atoms with Crippen LogP contribution in [0, 0.1) is 0 Å². The van der Waals surface area contributed by atoms with Gasteiger partial charge in [0, 0.05) is 0 Å². The van der Waals surface area contributed by atoms with Crippen molar-refractivity contribution in [3.8, 4) is 5.75 Å². The van der Waals surface area contributed by atoms with Crippen molar-refractivity contribution in [1.82, 2.24) is 10.6 Å². The molecule has 0 bridgehead atoms. The van der Waals surface area contributed by atoms with Crippen LogP contribution in [0.25, 0.3) is 0 Å². The van der Waals surface area contributed by atoms with Crippen LogP contribution in [-0.2, 0) is 14.3 Å². The molecule has 2 rings (SSSR count). The molecule has 0 radical (unpaired) electrons. The van der Waals surface area contributed by atoms with Crippen LogP contribution in [0.5, 0.6) is 5.75 Å². The molecule has 0 aliphatic carbocycles. The van der Waals surface area contributed by atoms with E-state index < -0.39 is 24.4 Å². The Morgan fingerprint density at radius 3 is 2.39 bits per heavy atom. The van der Waals surface area contributed by atoms with Crippen molar-refractivity contribution in [2.24, 2.45) is 0 Å². The minimum absolute atomic E-state index is 0.206. The number of esters is 1. The van der Waals surface area contributed by atoms with Crippen molar-refractivity contribution >= 4 is 17.8 Å². The van der Waals surface area contributed by atoms with Gasteiger partial charge in [0.1, 0.15) is 12.3 Å². The summed E-state index contributed by atoms with van der Waals surface area (Å²) in [5.74, 6) is -1.14. The van der Waals surface area contributed by atoms with Crippen LogP contribution >= 0.6 is 0 Å². The van der Waals surface area contributed by atoms with E-state index in [1.54, 1.807) is 24.3 Å². The number of nitrogens with one attached hydrogen (secondary N) is 2. The third kappa shape index (κ3) is 6.42. The molecule has 2 amide bonds. The van der Waals surface area contributed by atoms with Crippen LogP contribution in [0.1, 0.15) is 35.8 Å². The first-order chi connectivity index (χ1) is 13.5. The van der Waals surface area contributed by atoms with Gasteiger partial charge in [-0.3, -0.25) is 14.4 Å². The Morgan fingerprint density at radius 2 is 1.68 bits per heavy atom. The smallest absolute Gasteiger partial charge is 0.325 e. The van der Waals surface area contributed by atoms with Crippen molar-refractivity contribution in [3.63, 3.8) is 0 Å². The molecule has 28 heavy (non-hydrogen) atoms. The molecule has 0 aliphatic heterocycles. The molecule has 2 aromatic rings. The number of hydrogen-bond donors (Lipinski definition) is 2. The van der Waals surface area contributed by atoms with Crippen LogP contribution in [-0.4, -0.2) is 37.5 Å². The third-order valence-corrected chi connectivity index (χ3v) is 3.87. The van der Waals surface area contributed by atoms with E-state index in [1.165, 1.54) is 0 Å². The van der Waals surface area contributed by atoms with Crippen LogP contribution in [0.15, 0.2) is 54.6 Å². The summed E-state index contributed by atoms with van der Waals surface area (Å²) >= 11 is 0. The molecule has 0 aromatic heterocycles. The SMILES string of the molecule is CCOc1ccccc1C(=O)NCC(=O)OCC(=O)N[C@H](C)c1ccccc1. The second-order valence-electron chi connectivity index (χ2n) is 5.97. The molecule has 0 saturated carbocycles. The number of hydrogen-bond acceptors (Lipinski definition) is 5. The van der Waals surface area contributed by atoms with Gasteiger partial charge in [0.05, 0.1) is 18.2 Å². The number of amides is 2. The third-order valence-electron chi connectivity index (χ3n) is 3.87. The summed E-state index contributed by atoms with van der Waals surface area (Å²) in [4.78, 5) is 35.9. The molecular weight excluding hydrogens is 360 g/mol. The second-order valence-corrected chi connectivity index (χ2v) is 5.97. The van der Waals surface area contributed by atoms with Gasteiger partial charge in [-0.25, -0.2) is 0 Å². The van der Waals surface area contributed by atoms with Gasteiger partial charge < -0.3 is 20.1 Å². The lowest BCUT2D eigenvalue weighted by Gasteiger charge is -2.14. The van der Waals surface area contributed by atoms with E-state index in [1.807, 2.05) is 44.2 Å². The summed E-state index contributed by atoms with van der Waals surface area (Å²) in [6, 6.07) is 16.0. The lowest BCUT2D eigenvalue weighted by Crippen LogP contribution is -2.34. The first kappa shape index (κ1) is 21.0. The van der Waals surface area contributed by atoms with Gasteiger partial charge in [-0.2, -0.15) is 0 Å². The summed E-state index contributed by atoms with van der Waals surface area (Å²) in [5, 5.41) is 5.21. The van der Waals surface area contributed by atoms with E-state index in [-0.39, 0.29) is 12.6 Å². The summed E-state index contributed by atoms with van der Waals surface area (Å²) in [5.41, 5.74) is 1.27. The molecule has 1 atom stereocenters. The van der Waals surface area contributed by atoms with E-state index in [0.29, 0.717) is 17.9 Å². The number of carbonyl (C=O) groups excluding carboxylic acids is 3. The average molecular weight is 384 g/mol. The largest absolute Gasteiger partial charge is 0.493 e. The topological polar surface area (TPSA) is 93.7 Å². The zero-order chi connectivity index (χ0) is 20.4. The highest BCUT2D eigenvalue weighted by Gasteiger charge is 2.15. The van der Waals surface area contributed by atoms with Crippen LogP contribution in [0.3, 0.4) is 0 Å². The van der Waals surface area contributed by atoms with Gasteiger partial charge in [-0.05, 0) is 31.5 Å². The molecule has 0 saturated heterocycles. The summed E-state index contributed by atoms with van der Waals surface area (Å²) in [6.07, 6.45) is 0. The zero-order valence-electron chi connectivity index (χ0n) is 15.9. The molecule has 0 heterocycles. The Bertz CT molecular complexity index is 807. The predicted molar refractivity (Wildman–Crippen MR) is 104 cm³/mol. The number of ether oxygens (including phenoxy) is 2. The monoisotopic (exact) mass is 384 g/mol. The first-order valence-electron chi connectivity index (χ1n) is 9.01. The Kier molecular flexibility index (Phi) is 8.02. The minimum Gasteiger partial charge on any atom is -0.493 e. The maximum atomic E-state index is 12.2. The zero-order valence-corrected chi connectivity index (χ0v) is 15.9. The molecule has 2 aromatic carbocycles. The Morgan fingerprint density at radius 1 is 1.00 bits per heavy atom. The molecule has 2 N–H and O–H groups in total. The van der Waals surface area contributed by atoms with Crippen LogP contribution < -0.4 is 15.4 Å². The molecular formula is C21H24N2O5. The highest BCUT2D eigenvalue weighted by Crippen LogP contribution is 2.17. The Hall–Kier alpha value is -3.35. The lowest BCUT2D eigenvalue weighted by molar-refractivity contribution is -0.147. The Balaban J connectivity index is 1.75. The van der Waals surface area contributed by atoms with E-state index in [4.69, 9.17) is 9.47 Å². The van der Waals surface area contributed by atoms with Gasteiger partial charge in [0.2, 0.25) is 0 Å². The van der Waals surface area contributed by atoms with Crippen molar-refractivity contribution in [2.75, 3.05) is 19.8 Å². The summed E-state index contributed by atoms with van der Waals surface area (Å²) in [6.45, 7) is 3.31. The molecule has 0 aliphatic rings. The van der Waals surface area contributed by atoms with E-state index in [9.17, 15) is 14.4 Å². The van der Waals surface area contributed by atoms with Crippen molar-refractivity contribution < 1.29 is 23.9 Å². The molecule has 7 heteroatoms.